The number of para-hydroxylation sites is 1. The number of nitrogens with one attached hydrogen (secondary N) is 1. The van der Waals surface area contributed by atoms with E-state index in [9.17, 15) is 5.11 Å². The molecule has 7 aromatic carbocycles. The lowest BCUT2D eigenvalue weighted by atomic mass is 9.86. The molecule has 0 amide bonds. The van der Waals surface area contributed by atoms with E-state index in [0.29, 0.717) is 0 Å². The van der Waals surface area contributed by atoms with Gasteiger partial charge in [-0.3, -0.25) is 4.98 Å². The summed E-state index contributed by atoms with van der Waals surface area (Å²) < 4.78 is 34.1. The van der Waals surface area contributed by atoms with Gasteiger partial charge in [-0.05, 0) is 140 Å². The summed E-state index contributed by atoms with van der Waals surface area (Å²) >= 11 is 0. The number of hydrogen-bond donors (Lipinski definition) is 2. The minimum atomic E-state index is -2.33. The Labute approximate surface area is 398 Å². The number of phenols is 1. The van der Waals surface area contributed by atoms with Crippen molar-refractivity contribution in [2.45, 2.75) is 98.5 Å². The lowest BCUT2D eigenvalue weighted by molar-refractivity contribution is 0.453. The average molecular weight is 870 g/mol. The van der Waals surface area contributed by atoms with E-state index in [-0.39, 0.29) is 28.6 Å². The van der Waals surface area contributed by atoms with Crippen LogP contribution in [-0.2, 0) is 5.41 Å². The fraction of sp³-hybridized carbons (Fsp3) is 0.242. The van der Waals surface area contributed by atoms with Gasteiger partial charge >= 0.3 is 0 Å². The van der Waals surface area contributed by atoms with Crippen molar-refractivity contribution in [3.63, 3.8) is 0 Å². The van der Waals surface area contributed by atoms with Gasteiger partial charge in [-0.1, -0.05) is 171 Å². The van der Waals surface area contributed by atoms with E-state index in [0.717, 1.165) is 95.1 Å². The first-order chi connectivity index (χ1) is 33.2. The van der Waals surface area contributed by atoms with Crippen molar-refractivity contribution >= 4 is 17.1 Å². The number of aromatic hydroxyl groups is 1. The Morgan fingerprint density at radius 1 is 0.591 bits per heavy atom. The molecule has 4 heteroatoms. The molecule has 0 bridgehead atoms. The van der Waals surface area contributed by atoms with E-state index >= 15 is 0 Å². The predicted molar refractivity (Wildman–Crippen MR) is 280 cm³/mol. The normalized spacial score (nSPS) is 15.0. The molecule has 2 N–H and O–H groups in total. The van der Waals surface area contributed by atoms with E-state index < -0.39 is 18.9 Å². The predicted octanol–water partition coefficient (Wildman–Crippen LogP) is 17.4. The first-order valence-electron chi connectivity index (χ1n) is 25.2. The number of aromatic nitrogens is 1. The van der Waals surface area contributed by atoms with Gasteiger partial charge in [0.2, 0.25) is 0 Å². The minimum absolute atomic E-state index is 0.0571. The summed E-state index contributed by atoms with van der Waals surface area (Å²) in [5.74, 6) is -0.202. The zero-order valence-corrected chi connectivity index (χ0v) is 39.7. The SMILES string of the molecule is [2H]C([2H])([2H])c1ccc(N2c3cccc(-c4cc(-c5ccccc5)cc(-c5cc(-c6ccc(C([2H])(C)C)cc6)ccn5)c4)c3NC2c2cc(C(C)C)cc(C(C)C)c2O)c(-c2ccc(C(C)(C)C)cc2)c1. The molecule has 1 aliphatic rings. The number of pyridine rings is 1. The van der Waals surface area contributed by atoms with Crippen LogP contribution >= 0.6 is 0 Å². The summed E-state index contributed by atoms with van der Waals surface area (Å²) in [6, 6.07) is 54.0. The molecule has 1 aromatic heterocycles. The third-order valence-corrected chi connectivity index (χ3v) is 13.1. The van der Waals surface area contributed by atoms with Crippen molar-refractivity contribution in [3.8, 4) is 61.5 Å². The van der Waals surface area contributed by atoms with Crippen LogP contribution in [0.2, 0.25) is 0 Å². The maximum atomic E-state index is 12.4. The Morgan fingerprint density at radius 3 is 1.97 bits per heavy atom. The second-order valence-corrected chi connectivity index (χ2v) is 19.7. The van der Waals surface area contributed by atoms with Gasteiger partial charge in [0, 0.05) is 33.9 Å². The van der Waals surface area contributed by atoms with Gasteiger partial charge in [-0.2, -0.15) is 0 Å². The number of aryl methyl sites for hydroxylation is 1. The summed E-state index contributed by atoms with van der Waals surface area (Å²) in [5, 5.41) is 16.4. The smallest absolute Gasteiger partial charge is 0.134 e. The topological polar surface area (TPSA) is 48.4 Å². The largest absolute Gasteiger partial charge is 0.507 e. The number of rotatable bonds is 10. The number of anilines is 3. The van der Waals surface area contributed by atoms with Gasteiger partial charge in [-0.15, -0.1) is 0 Å². The standard InChI is InChI=1S/C62H63N3O/c1-38(2)42-20-22-44(23-21-42)46-29-30-63-56(37-46)50-33-48(43-15-12-11-13-16-43)32-49(34-50)52-17-14-18-58-59(52)64-61(55-36-47(39(3)4)35-53(40(5)6)60(55)66)65(58)57-28-19-41(7)31-54(57)45-24-26-51(27-25-45)62(8,9)10/h11-40,61,64,66H,1-10H3/i7D3,38D. The molecule has 0 spiro atoms. The summed E-state index contributed by atoms with van der Waals surface area (Å²) in [6.45, 7) is 16.6. The monoisotopic (exact) mass is 870 g/mol. The van der Waals surface area contributed by atoms with Crippen molar-refractivity contribution in [3.05, 3.63) is 197 Å². The number of benzene rings is 7. The molecule has 1 aliphatic heterocycles. The van der Waals surface area contributed by atoms with E-state index in [1.807, 2.05) is 56.4 Å². The Bertz CT molecular complexity index is 3200. The first-order valence-corrected chi connectivity index (χ1v) is 23.2. The zero-order chi connectivity index (χ0) is 49.9. The fourth-order valence-electron chi connectivity index (χ4n) is 9.26. The first kappa shape index (κ1) is 39.5. The summed E-state index contributed by atoms with van der Waals surface area (Å²) in [5.41, 5.74) is 17.2. The van der Waals surface area contributed by atoms with Crippen LogP contribution in [0.5, 0.6) is 5.75 Å². The van der Waals surface area contributed by atoms with Crippen LogP contribution in [0.1, 0.15) is 125 Å². The highest BCUT2D eigenvalue weighted by Crippen LogP contribution is 2.54. The van der Waals surface area contributed by atoms with Crippen LogP contribution in [0.15, 0.2) is 164 Å². The molecule has 332 valence electrons. The Balaban J connectivity index is 1.27. The van der Waals surface area contributed by atoms with E-state index in [1.54, 1.807) is 6.07 Å². The van der Waals surface area contributed by atoms with Crippen LogP contribution in [0.4, 0.5) is 17.1 Å². The molecular formula is C62H63N3O. The molecule has 1 atom stereocenters. The van der Waals surface area contributed by atoms with Gasteiger partial charge in [-0.25, -0.2) is 0 Å². The Hall–Kier alpha value is -6.91. The maximum absolute atomic E-state index is 12.4. The molecule has 0 radical (unpaired) electrons. The average Bonchev–Trinajstić information content (AvgIpc) is 3.72. The lowest BCUT2D eigenvalue weighted by Gasteiger charge is -2.31. The van der Waals surface area contributed by atoms with Crippen molar-refractivity contribution in [2.24, 2.45) is 0 Å². The van der Waals surface area contributed by atoms with Crippen LogP contribution in [0.3, 0.4) is 0 Å². The van der Waals surface area contributed by atoms with Crippen molar-refractivity contribution < 1.29 is 10.6 Å². The van der Waals surface area contributed by atoms with Crippen molar-refractivity contribution in [2.75, 3.05) is 10.2 Å². The van der Waals surface area contributed by atoms with Gasteiger partial charge in [0.15, 0.2) is 0 Å². The zero-order valence-electron chi connectivity index (χ0n) is 43.7. The second-order valence-electron chi connectivity index (χ2n) is 19.7. The molecule has 66 heavy (non-hydrogen) atoms. The molecule has 0 aliphatic carbocycles. The van der Waals surface area contributed by atoms with Crippen molar-refractivity contribution in [1.82, 2.24) is 4.98 Å². The van der Waals surface area contributed by atoms with Crippen LogP contribution < -0.4 is 10.2 Å². The van der Waals surface area contributed by atoms with Gasteiger partial charge in [0.1, 0.15) is 11.9 Å². The van der Waals surface area contributed by atoms with Crippen molar-refractivity contribution in [1.29, 1.82) is 0 Å². The minimum Gasteiger partial charge on any atom is -0.507 e. The summed E-state index contributed by atoms with van der Waals surface area (Å²) in [7, 11) is 0. The number of fused-ring (bicyclic) bond motifs is 1. The molecule has 0 saturated heterocycles. The highest BCUT2D eigenvalue weighted by Gasteiger charge is 2.37. The van der Waals surface area contributed by atoms with Gasteiger partial charge in [0.05, 0.1) is 22.8 Å². The Morgan fingerprint density at radius 2 is 1.29 bits per heavy atom. The van der Waals surface area contributed by atoms with Gasteiger partial charge in [0.25, 0.3) is 0 Å². The lowest BCUT2D eigenvalue weighted by Crippen LogP contribution is -2.24. The number of nitrogens with zero attached hydrogens (tertiary/aromatic N) is 2. The van der Waals surface area contributed by atoms with Crippen LogP contribution in [0.25, 0.3) is 55.8 Å². The second kappa shape index (κ2) is 17.8. The number of phenolic OH excluding ortho intramolecular Hbond substituents is 1. The third-order valence-electron chi connectivity index (χ3n) is 13.1. The summed E-state index contributed by atoms with van der Waals surface area (Å²) in [6.07, 6.45) is 1.28. The van der Waals surface area contributed by atoms with Crippen LogP contribution in [0, 0.1) is 6.85 Å². The van der Waals surface area contributed by atoms with E-state index in [1.165, 1.54) is 5.56 Å². The number of hydrogen-bond acceptors (Lipinski definition) is 4. The van der Waals surface area contributed by atoms with E-state index in [4.69, 9.17) is 10.5 Å². The molecule has 0 fully saturated rings. The summed E-state index contributed by atoms with van der Waals surface area (Å²) in [4.78, 5) is 7.20. The fourth-order valence-corrected chi connectivity index (χ4v) is 9.26. The van der Waals surface area contributed by atoms with Gasteiger partial charge < -0.3 is 15.3 Å². The molecule has 1 unspecified atom stereocenters. The highest BCUT2D eigenvalue weighted by molar-refractivity contribution is 5.98. The maximum Gasteiger partial charge on any atom is 0.134 e. The molecule has 2 heterocycles. The molecule has 0 saturated carbocycles. The molecule has 9 rings (SSSR count). The molecule has 4 nitrogen and oxygen atoms in total. The highest BCUT2D eigenvalue weighted by atomic mass is 16.3. The van der Waals surface area contributed by atoms with Crippen LogP contribution in [-0.4, -0.2) is 10.1 Å². The van der Waals surface area contributed by atoms with E-state index in [2.05, 4.69) is 174 Å². The Kier molecular flexibility index (Phi) is 10.6. The quantitative estimate of drug-likeness (QED) is 0.144. The third kappa shape index (κ3) is 8.65. The molecule has 8 aromatic rings. The molecular weight excluding hydrogens is 803 g/mol.